The quantitative estimate of drug-likeness (QED) is 0.885. The summed E-state index contributed by atoms with van der Waals surface area (Å²) in [5.41, 5.74) is 7.01. The number of carbonyl (C=O) groups is 1. The van der Waals surface area contributed by atoms with Crippen molar-refractivity contribution < 1.29 is 9.32 Å². The molecule has 2 saturated heterocycles. The molecule has 1 aromatic carbocycles. The summed E-state index contributed by atoms with van der Waals surface area (Å²) in [5.74, 6) is 0.367. The number of likely N-dealkylation sites (N-methyl/N-ethyl adjacent to an activating group) is 1. The number of benzene rings is 1. The van der Waals surface area contributed by atoms with E-state index in [4.69, 9.17) is 10.3 Å². The number of likely N-dealkylation sites (tertiary alicyclic amines) is 2. The summed E-state index contributed by atoms with van der Waals surface area (Å²) in [5, 5.41) is 3.62. The highest BCUT2D eigenvalue weighted by molar-refractivity contribution is 5.88. The number of hydrogen-bond donors (Lipinski definition) is 1. The zero-order chi connectivity index (χ0) is 18.9. The molecule has 7 nitrogen and oxygen atoms in total. The van der Waals surface area contributed by atoms with Gasteiger partial charge >= 0.3 is 0 Å². The van der Waals surface area contributed by atoms with Crippen LogP contribution in [-0.2, 0) is 6.54 Å². The Hall–Kier alpha value is -2.25. The predicted molar refractivity (Wildman–Crippen MR) is 101 cm³/mol. The van der Waals surface area contributed by atoms with Gasteiger partial charge in [-0.2, -0.15) is 4.98 Å². The standard InChI is InChI=1S/C20H27N5O2/c1-24-12-16(15-5-3-2-4-6-15)11-20(14-24)7-9-25(10-8-20)13-17-22-19(18(21)26)23-27-17/h2-6,16H,7-14H2,1H3,(H2,21,26)/t16-/m1/s1. The number of rotatable bonds is 4. The molecule has 0 bridgehead atoms. The van der Waals surface area contributed by atoms with Gasteiger partial charge in [-0.1, -0.05) is 35.5 Å². The maximum absolute atomic E-state index is 11.1. The van der Waals surface area contributed by atoms with E-state index < -0.39 is 5.91 Å². The number of piperidine rings is 2. The second-order valence-corrected chi connectivity index (χ2v) is 8.16. The number of primary amides is 1. The molecule has 2 aromatic rings. The molecule has 2 aliphatic heterocycles. The molecule has 144 valence electrons. The zero-order valence-corrected chi connectivity index (χ0v) is 15.8. The van der Waals surface area contributed by atoms with E-state index in [-0.39, 0.29) is 5.82 Å². The van der Waals surface area contributed by atoms with Crippen LogP contribution in [0.25, 0.3) is 0 Å². The number of amides is 1. The Balaban J connectivity index is 1.38. The fourth-order valence-electron chi connectivity index (χ4n) is 4.77. The molecule has 1 spiro atoms. The van der Waals surface area contributed by atoms with Gasteiger partial charge < -0.3 is 15.2 Å². The molecule has 0 unspecified atom stereocenters. The Labute approximate surface area is 159 Å². The zero-order valence-electron chi connectivity index (χ0n) is 15.8. The van der Waals surface area contributed by atoms with E-state index in [9.17, 15) is 4.79 Å². The van der Waals surface area contributed by atoms with E-state index in [1.165, 1.54) is 12.0 Å². The molecule has 2 N–H and O–H groups in total. The van der Waals surface area contributed by atoms with E-state index in [0.717, 1.165) is 39.0 Å². The largest absolute Gasteiger partial charge is 0.363 e. The number of nitrogens with two attached hydrogens (primary N) is 1. The van der Waals surface area contributed by atoms with Crippen LogP contribution in [0.2, 0.25) is 0 Å². The second kappa shape index (κ2) is 7.40. The van der Waals surface area contributed by atoms with E-state index >= 15 is 0 Å². The number of hydrogen-bond acceptors (Lipinski definition) is 6. The van der Waals surface area contributed by atoms with E-state index in [1.807, 2.05) is 0 Å². The van der Waals surface area contributed by atoms with Crippen LogP contribution in [0, 0.1) is 5.41 Å². The molecule has 7 heteroatoms. The van der Waals surface area contributed by atoms with Crippen LogP contribution in [0.4, 0.5) is 0 Å². The fourth-order valence-corrected chi connectivity index (χ4v) is 4.77. The molecule has 1 atom stereocenters. The Bertz CT molecular complexity index is 783. The van der Waals surface area contributed by atoms with Crippen LogP contribution in [-0.4, -0.2) is 59.1 Å². The summed E-state index contributed by atoms with van der Waals surface area (Å²) in [6.07, 6.45) is 3.58. The first-order chi connectivity index (χ1) is 13.0. The van der Waals surface area contributed by atoms with Crippen LogP contribution in [0.1, 0.15) is 47.3 Å². The van der Waals surface area contributed by atoms with Crippen LogP contribution < -0.4 is 5.73 Å². The average molecular weight is 369 g/mol. The van der Waals surface area contributed by atoms with E-state index in [1.54, 1.807) is 0 Å². The molecule has 27 heavy (non-hydrogen) atoms. The van der Waals surface area contributed by atoms with Crippen molar-refractivity contribution in [1.82, 2.24) is 19.9 Å². The van der Waals surface area contributed by atoms with Gasteiger partial charge in [-0.05, 0) is 56.3 Å². The highest BCUT2D eigenvalue weighted by Crippen LogP contribution is 2.44. The van der Waals surface area contributed by atoms with Gasteiger partial charge in [0.25, 0.3) is 11.7 Å². The topological polar surface area (TPSA) is 88.5 Å². The first-order valence-corrected chi connectivity index (χ1v) is 9.61. The molecule has 4 rings (SSSR count). The lowest BCUT2D eigenvalue weighted by Gasteiger charge is -2.49. The molecule has 1 amide bonds. The summed E-state index contributed by atoms with van der Waals surface area (Å²) in [6, 6.07) is 10.9. The molecular weight excluding hydrogens is 342 g/mol. The van der Waals surface area contributed by atoms with Crippen molar-refractivity contribution in [2.45, 2.75) is 31.7 Å². The molecule has 1 aromatic heterocycles. The first kappa shape index (κ1) is 18.1. The van der Waals surface area contributed by atoms with Crippen molar-refractivity contribution in [3.05, 3.63) is 47.6 Å². The average Bonchev–Trinajstić information content (AvgIpc) is 3.13. The number of nitrogens with zero attached hydrogens (tertiary/aromatic N) is 4. The highest BCUT2D eigenvalue weighted by atomic mass is 16.5. The monoisotopic (exact) mass is 369 g/mol. The summed E-state index contributed by atoms with van der Waals surface area (Å²) in [7, 11) is 2.24. The van der Waals surface area contributed by atoms with Crippen LogP contribution in [0.15, 0.2) is 34.9 Å². The van der Waals surface area contributed by atoms with Crippen molar-refractivity contribution >= 4 is 5.91 Å². The third kappa shape index (κ3) is 4.04. The predicted octanol–water partition coefficient (Wildman–Crippen LogP) is 1.87. The van der Waals surface area contributed by atoms with Gasteiger partial charge in [0, 0.05) is 13.1 Å². The summed E-state index contributed by atoms with van der Waals surface area (Å²) in [6.45, 7) is 4.88. The minimum atomic E-state index is -0.653. The van der Waals surface area contributed by atoms with Crippen molar-refractivity contribution in [2.75, 3.05) is 33.2 Å². The van der Waals surface area contributed by atoms with Gasteiger partial charge in [-0.3, -0.25) is 9.69 Å². The Morgan fingerprint density at radius 1 is 1.30 bits per heavy atom. The smallest absolute Gasteiger partial charge is 0.290 e. The number of aromatic nitrogens is 2. The maximum Gasteiger partial charge on any atom is 0.290 e. The molecular formula is C20H27N5O2. The van der Waals surface area contributed by atoms with Crippen molar-refractivity contribution in [2.24, 2.45) is 11.1 Å². The Kier molecular flexibility index (Phi) is 4.97. The molecule has 0 radical (unpaired) electrons. The van der Waals surface area contributed by atoms with Gasteiger partial charge in [0.1, 0.15) is 0 Å². The Morgan fingerprint density at radius 2 is 2.04 bits per heavy atom. The Morgan fingerprint density at radius 3 is 2.70 bits per heavy atom. The molecule has 3 heterocycles. The van der Waals surface area contributed by atoms with Crippen molar-refractivity contribution in [1.29, 1.82) is 0 Å². The van der Waals surface area contributed by atoms with Gasteiger partial charge in [-0.25, -0.2) is 0 Å². The minimum Gasteiger partial charge on any atom is -0.363 e. The van der Waals surface area contributed by atoms with Gasteiger partial charge in [0.2, 0.25) is 5.89 Å². The normalized spacial score (nSPS) is 23.5. The fraction of sp³-hybridized carbons (Fsp3) is 0.550. The number of carbonyl (C=O) groups excluding carboxylic acids is 1. The molecule has 2 fully saturated rings. The summed E-state index contributed by atoms with van der Waals surface area (Å²) < 4.78 is 5.15. The van der Waals surface area contributed by atoms with Crippen molar-refractivity contribution in [3.8, 4) is 0 Å². The third-order valence-corrected chi connectivity index (χ3v) is 6.05. The lowest BCUT2D eigenvalue weighted by atomic mass is 9.68. The first-order valence-electron chi connectivity index (χ1n) is 9.61. The highest BCUT2D eigenvalue weighted by Gasteiger charge is 2.41. The van der Waals surface area contributed by atoms with Gasteiger partial charge in [0.15, 0.2) is 0 Å². The SMILES string of the molecule is CN1C[C@H](c2ccccc2)CC2(CCN(Cc3nc(C(N)=O)no3)CC2)C1. The van der Waals surface area contributed by atoms with Crippen LogP contribution in [0.5, 0.6) is 0 Å². The molecule has 2 aliphatic rings. The van der Waals surface area contributed by atoms with Gasteiger partial charge in [-0.15, -0.1) is 0 Å². The molecule has 0 saturated carbocycles. The van der Waals surface area contributed by atoms with E-state index in [0.29, 0.717) is 23.8 Å². The van der Waals surface area contributed by atoms with Crippen molar-refractivity contribution in [3.63, 3.8) is 0 Å². The van der Waals surface area contributed by atoms with Crippen LogP contribution in [0.3, 0.4) is 0 Å². The minimum absolute atomic E-state index is 0.0434. The molecule has 0 aliphatic carbocycles. The lowest BCUT2D eigenvalue weighted by molar-refractivity contribution is 0.0191. The maximum atomic E-state index is 11.1. The van der Waals surface area contributed by atoms with E-state index in [2.05, 4.69) is 57.3 Å². The lowest BCUT2D eigenvalue weighted by Crippen LogP contribution is -2.50. The van der Waals surface area contributed by atoms with Crippen LogP contribution >= 0.6 is 0 Å². The van der Waals surface area contributed by atoms with Gasteiger partial charge in [0.05, 0.1) is 6.54 Å². The summed E-state index contributed by atoms with van der Waals surface area (Å²) in [4.78, 5) is 20.0. The second-order valence-electron chi connectivity index (χ2n) is 8.16. The third-order valence-electron chi connectivity index (χ3n) is 6.05. The summed E-state index contributed by atoms with van der Waals surface area (Å²) >= 11 is 0.